The zero-order valence-electron chi connectivity index (χ0n) is 9.88. The standard InChI is InChI=1S/C13H8BrClF2N2S/c14-9-3-2-8(6-10(9)15)18-13(20)19-12-4-1-7(16)5-11(12)17/h1-6H,(H2,18,19,20). The maximum atomic E-state index is 13.4. The third kappa shape index (κ3) is 3.88. The van der Waals surface area contributed by atoms with Gasteiger partial charge in [-0.25, -0.2) is 8.78 Å². The van der Waals surface area contributed by atoms with Crippen LogP contribution in [0.2, 0.25) is 5.02 Å². The van der Waals surface area contributed by atoms with Gasteiger partial charge in [0.2, 0.25) is 0 Å². The van der Waals surface area contributed by atoms with Crippen LogP contribution in [0.1, 0.15) is 0 Å². The van der Waals surface area contributed by atoms with Gasteiger partial charge in [0.1, 0.15) is 11.6 Å². The molecule has 0 spiro atoms. The lowest BCUT2D eigenvalue weighted by molar-refractivity contribution is 0.586. The number of hydrogen-bond acceptors (Lipinski definition) is 1. The average Bonchev–Trinajstić information content (AvgIpc) is 2.37. The van der Waals surface area contributed by atoms with Gasteiger partial charge in [-0.05, 0) is 58.5 Å². The van der Waals surface area contributed by atoms with E-state index >= 15 is 0 Å². The van der Waals surface area contributed by atoms with Crippen molar-refractivity contribution < 1.29 is 8.78 Å². The predicted molar refractivity (Wildman–Crippen MR) is 85.4 cm³/mol. The molecule has 0 aliphatic carbocycles. The smallest absolute Gasteiger partial charge is 0.175 e. The molecule has 2 aromatic rings. The highest BCUT2D eigenvalue weighted by Crippen LogP contribution is 2.25. The van der Waals surface area contributed by atoms with Crippen LogP contribution in [0.25, 0.3) is 0 Å². The monoisotopic (exact) mass is 376 g/mol. The second-order valence-electron chi connectivity index (χ2n) is 3.83. The number of rotatable bonds is 2. The summed E-state index contributed by atoms with van der Waals surface area (Å²) in [6, 6.07) is 8.37. The summed E-state index contributed by atoms with van der Waals surface area (Å²) in [5, 5.41) is 6.19. The molecule has 2 rings (SSSR count). The van der Waals surface area contributed by atoms with Gasteiger partial charge in [-0.1, -0.05) is 11.6 Å². The van der Waals surface area contributed by atoms with Crippen LogP contribution in [0.3, 0.4) is 0 Å². The molecule has 0 fully saturated rings. The van der Waals surface area contributed by atoms with Gasteiger partial charge in [0.05, 0.1) is 10.7 Å². The first-order chi connectivity index (χ1) is 9.45. The number of anilines is 2. The third-order valence-electron chi connectivity index (χ3n) is 2.36. The van der Waals surface area contributed by atoms with E-state index in [-0.39, 0.29) is 10.8 Å². The fourth-order valence-corrected chi connectivity index (χ4v) is 2.10. The quantitative estimate of drug-likeness (QED) is 0.704. The van der Waals surface area contributed by atoms with Gasteiger partial charge in [-0.2, -0.15) is 0 Å². The number of hydrogen-bond donors (Lipinski definition) is 2. The molecule has 0 aliphatic heterocycles. The molecule has 0 unspecified atom stereocenters. The van der Waals surface area contributed by atoms with Crippen molar-refractivity contribution >= 4 is 56.2 Å². The molecule has 0 radical (unpaired) electrons. The third-order valence-corrected chi connectivity index (χ3v) is 3.79. The number of halogens is 4. The molecular formula is C13H8BrClF2N2S. The topological polar surface area (TPSA) is 24.1 Å². The van der Waals surface area contributed by atoms with E-state index in [0.717, 1.165) is 16.6 Å². The van der Waals surface area contributed by atoms with Crippen molar-refractivity contribution in [2.75, 3.05) is 10.6 Å². The molecule has 2 nitrogen and oxygen atoms in total. The predicted octanol–water partition coefficient (Wildman–Crippen LogP) is 5.19. The van der Waals surface area contributed by atoms with Crippen LogP contribution in [0.5, 0.6) is 0 Å². The van der Waals surface area contributed by atoms with E-state index in [4.69, 9.17) is 23.8 Å². The fourth-order valence-electron chi connectivity index (χ4n) is 1.45. The summed E-state index contributed by atoms with van der Waals surface area (Å²) < 4.78 is 27.0. The Bertz CT molecular complexity index is 667. The van der Waals surface area contributed by atoms with Crippen LogP contribution in [-0.4, -0.2) is 5.11 Å². The van der Waals surface area contributed by atoms with Crippen LogP contribution in [-0.2, 0) is 0 Å². The van der Waals surface area contributed by atoms with E-state index in [1.54, 1.807) is 18.2 Å². The lowest BCUT2D eigenvalue weighted by atomic mass is 10.3. The van der Waals surface area contributed by atoms with Crippen molar-refractivity contribution in [3.05, 3.63) is 57.5 Å². The minimum Gasteiger partial charge on any atom is -0.332 e. The first-order valence-corrected chi connectivity index (χ1v) is 7.02. The molecule has 2 aromatic carbocycles. The van der Waals surface area contributed by atoms with Crippen molar-refractivity contribution in [1.29, 1.82) is 0 Å². The summed E-state index contributed by atoms with van der Waals surface area (Å²) in [6.45, 7) is 0. The lowest BCUT2D eigenvalue weighted by Crippen LogP contribution is -2.19. The Morgan fingerprint density at radius 3 is 2.50 bits per heavy atom. The Morgan fingerprint density at radius 2 is 1.85 bits per heavy atom. The molecule has 0 heterocycles. The minimum atomic E-state index is -0.719. The molecule has 2 N–H and O–H groups in total. The summed E-state index contributed by atoms with van der Waals surface area (Å²) in [5.74, 6) is -1.37. The molecule has 104 valence electrons. The molecule has 0 bridgehead atoms. The summed E-state index contributed by atoms with van der Waals surface area (Å²) in [7, 11) is 0. The van der Waals surface area contributed by atoms with E-state index in [1.165, 1.54) is 6.07 Å². The Morgan fingerprint density at radius 1 is 1.10 bits per heavy atom. The summed E-state index contributed by atoms with van der Waals surface area (Å²) in [6.07, 6.45) is 0. The Labute approximate surface area is 133 Å². The van der Waals surface area contributed by atoms with E-state index in [0.29, 0.717) is 10.7 Å². The molecule has 0 atom stereocenters. The average molecular weight is 378 g/mol. The molecular weight excluding hydrogens is 370 g/mol. The highest BCUT2D eigenvalue weighted by molar-refractivity contribution is 9.10. The highest BCUT2D eigenvalue weighted by Gasteiger charge is 2.06. The van der Waals surface area contributed by atoms with Crippen LogP contribution in [0.4, 0.5) is 20.2 Å². The van der Waals surface area contributed by atoms with E-state index in [2.05, 4.69) is 26.6 Å². The summed E-state index contributed by atoms with van der Waals surface area (Å²) >= 11 is 14.3. The molecule has 0 amide bonds. The van der Waals surface area contributed by atoms with Gasteiger partial charge in [0.15, 0.2) is 5.11 Å². The van der Waals surface area contributed by atoms with Crippen molar-refractivity contribution in [2.45, 2.75) is 0 Å². The van der Waals surface area contributed by atoms with E-state index in [1.807, 2.05) is 0 Å². The Kier molecular flexibility index (Phi) is 4.91. The van der Waals surface area contributed by atoms with Gasteiger partial charge in [0.25, 0.3) is 0 Å². The van der Waals surface area contributed by atoms with E-state index < -0.39 is 11.6 Å². The zero-order chi connectivity index (χ0) is 14.7. The number of nitrogens with one attached hydrogen (secondary N) is 2. The zero-order valence-corrected chi connectivity index (χ0v) is 13.0. The van der Waals surface area contributed by atoms with Crippen LogP contribution < -0.4 is 10.6 Å². The molecule has 0 saturated heterocycles. The largest absolute Gasteiger partial charge is 0.332 e. The van der Waals surface area contributed by atoms with Crippen molar-refractivity contribution in [2.24, 2.45) is 0 Å². The van der Waals surface area contributed by atoms with Gasteiger partial charge in [-0.15, -0.1) is 0 Å². The van der Waals surface area contributed by atoms with Gasteiger partial charge in [0, 0.05) is 16.2 Å². The number of thiocarbonyl (C=S) groups is 1. The van der Waals surface area contributed by atoms with Gasteiger partial charge < -0.3 is 10.6 Å². The first-order valence-electron chi connectivity index (χ1n) is 5.44. The molecule has 7 heteroatoms. The highest BCUT2D eigenvalue weighted by atomic mass is 79.9. The molecule has 0 aromatic heterocycles. The Balaban J connectivity index is 2.07. The van der Waals surface area contributed by atoms with Gasteiger partial charge in [-0.3, -0.25) is 0 Å². The first kappa shape index (κ1) is 15.2. The molecule has 0 aliphatic rings. The lowest BCUT2D eigenvalue weighted by Gasteiger charge is -2.11. The van der Waals surface area contributed by atoms with E-state index in [9.17, 15) is 8.78 Å². The van der Waals surface area contributed by atoms with Crippen LogP contribution in [0, 0.1) is 11.6 Å². The van der Waals surface area contributed by atoms with Crippen LogP contribution in [0.15, 0.2) is 40.9 Å². The van der Waals surface area contributed by atoms with Crippen molar-refractivity contribution in [3.63, 3.8) is 0 Å². The second kappa shape index (κ2) is 6.47. The second-order valence-corrected chi connectivity index (χ2v) is 5.50. The fraction of sp³-hybridized carbons (Fsp3) is 0. The Hall–Kier alpha value is -1.24. The van der Waals surface area contributed by atoms with Gasteiger partial charge >= 0.3 is 0 Å². The minimum absolute atomic E-state index is 0.0899. The summed E-state index contributed by atoms with van der Waals surface area (Å²) in [5.41, 5.74) is 0.741. The van der Waals surface area contributed by atoms with Crippen molar-refractivity contribution in [1.82, 2.24) is 0 Å². The normalized spacial score (nSPS) is 10.2. The summed E-state index contributed by atoms with van der Waals surface area (Å²) in [4.78, 5) is 0. The number of benzene rings is 2. The maximum Gasteiger partial charge on any atom is 0.175 e. The molecule has 0 saturated carbocycles. The SMILES string of the molecule is Fc1ccc(NC(=S)Nc2ccc(Br)c(Cl)c2)c(F)c1. The maximum absolute atomic E-state index is 13.4. The van der Waals surface area contributed by atoms with Crippen LogP contribution >= 0.6 is 39.7 Å². The molecule has 20 heavy (non-hydrogen) atoms. The van der Waals surface area contributed by atoms with Crippen molar-refractivity contribution in [3.8, 4) is 0 Å².